The largest absolute Gasteiger partial charge is 0.367 e. The van der Waals surface area contributed by atoms with Crippen molar-refractivity contribution < 1.29 is 0 Å². The molecule has 2 nitrogen and oxygen atoms in total. The molecule has 1 N–H and O–H groups in total. The highest BCUT2D eigenvalue weighted by Gasteiger charge is 2.20. The standard InChI is InChI=1S/C16H20N2/c1-2-4-14(5-3-1)13-18-10-7-15(8-11-18)16-6-9-17-12-16/h1-6,9,12,15,17H,7-8,10-11,13H2. The third-order valence-corrected chi connectivity index (χ3v) is 3.93. The molecule has 1 saturated heterocycles. The van der Waals surface area contributed by atoms with Gasteiger partial charge in [0.15, 0.2) is 0 Å². The maximum atomic E-state index is 3.16. The summed E-state index contributed by atoms with van der Waals surface area (Å²) in [6.07, 6.45) is 6.75. The lowest BCUT2D eigenvalue weighted by atomic mass is 9.91. The van der Waals surface area contributed by atoms with Crippen LogP contribution in [0.1, 0.15) is 29.9 Å². The Morgan fingerprint density at radius 2 is 1.83 bits per heavy atom. The molecule has 0 bridgehead atoms. The average Bonchev–Trinajstić information content (AvgIpc) is 2.95. The fourth-order valence-electron chi connectivity index (χ4n) is 2.86. The number of benzene rings is 1. The first kappa shape index (κ1) is 11.5. The van der Waals surface area contributed by atoms with Crippen LogP contribution < -0.4 is 0 Å². The van der Waals surface area contributed by atoms with Gasteiger partial charge >= 0.3 is 0 Å². The molecule has 1 fully saturated rings. The van der Waals surface area contributed by atoms with Gasteiger partial charge in [0.2, 0.25) is 0 Å². The second-order valence-corrected chi connectivity index (χ2v) is 5.18. The Balaban J connectivity index is 1.54. The number of piperidine rings is 1. The zero-order chi connectivity index (χ0) is 12.2. The highest BCUT2D eigenvalue weighted by Crippen LogP contribution is 2.28. The van der Waals surface area contributed by atoms with Gasteiger partial charge in [0.1, 0.15) is 0 Å². The highest BCUT2D eigenvalue weighted by molar-refractivity contribution is 5.17. The lowest BCUT2D eigenvalue weighted by Gasteiger charge is -2.31. The molecule has 0 aliphatic carbocycles. The van der Waals surface area contributed by atoms with E-state index in [1.54, 1.807) is 0 Å². The summed E-state index contributed by atoms with van der Waals surface area (Å²) in [5, 5.41) is 0. The maximum absolute atomic E-state index is 3.16. The third-order valence-electron chi connectivity index (χ3n) is 3.93. The summed E-state index contributed by atoms with van der Waals surface area (Å²) in [6, 6.07) is 13.0. The average molecular weight is 240 g/mol. The number of aromatic amines is 1. The van der Waals surface area contributed by atoms with Gasteiger partial charge in [-0.2, -0.15) is 0 Å². The third kappa shape index (κ3) is 2.65. The van der Waals surface area contributed by atoms with Gasteiger partial charge in [-0.05, 0) is 49.0 Å². The summed E-state index contributed by atoms with van der Waals surface area (Å²) >= 11 is 0. The summed E-state index contributed by atoms with van der Waals surface area (Å²) < 4.78 is 0. The first-order valence-corrected chi connectivity index (χ1v) is 6.81. The van der Waals surface area contributed by atoms with Gasteiger partial charge in [-0.3, -0.25) is 4.90 Å². The van der Waals surface area contributed by atoms with E-state index in [-0.39, 0.29) is 0 Å². The van der Waals surface area contributed by atoms with Crippen LogP contribution in [-0.2, 0) is 6.54 Å². The van der Waals surface area contributed by atoms with Gasteiger partial charge in [-0.1, -0.05) is 30.3 Å². The van der Waals surface area contributed by atoms with Gasteiger partial charge in [-0.15, -0.1) is 0 Å². The second-order valence-electron chi connectivity index (χ2n) is 5.18. The fraction of sp³-hybridized carbons (Fsp3) is 0.375. The van der Waals surface area contributed by atoms with Crippen LogP contribution in [0.2, 0.25) is 0 Å². The molecule has 2 aromatic rings. The van der Waals surface area contributed by atoms with Crippen LogP contribution in [-0.4, -0.2) is 23.0 Å². The predicted molar refractivity (Wildman–Crippen MR) is 74.5 cm³/mol. The monoisotopic (exact) mass is 240 g/mol. The van der Waals surface area contributed by atoms with Gasteiger partial charge in [0.25, 0.3) is 0 Å². The van der Waals surface area contributed by atoms with E-state index >= 15 is 0 Å². The lowest BCUT2D eigenvalue weighted by molar-refractivity contribution is 0.204. The number of nitrogens with zero attached hydrogens (tertiary/aromatic N) is 1. The van der Waals surface area contributed by atoms with Crippen LogP contribution in [0.5, 0.6) is 0 Å². The maximum Gasteiger partial charge on any atom is 0.0233 e. The summed E-state index contributed by atoms with van der Waals surface area (Å²) in [4.78, 5) is 5.73. The molecule has 94 valence electrons. The van der Waals surface area contributed by atoms with Crippen LogP contribution in [0.4, 0.5) is 0 Å². The van der Waals surface area contributed by atoms with Crippen LogP contribution in [0.25, 0.3) is 0 Å². The Bertz CT molecular complexity index is 453. The lowest BCUT2D eigenvalue weighted by Crippen LogP contribution is -2.32. The molecule has 3 rings (SSSR count). The molecule has 0 amide bonds. The number of hydrogen-bond acceptors (Lipinski definition) is 1. The van der Waals surface area contributed by atoms with Gasteiger partial charge < -0.3 is 4.98 Å². The summed E-state index contributed by atoms with van der Waals surface area (Å²) in [5.41, 5.74) is 2.91. The number of aromatic nitrogens is 1. The molecule has 0 radical (unpaired) electrons. The topological polar surface area (TPSA) is 19.0 Å². The van der Waals surface area contributed by atoms with Crippen molar-refractivity contribution in [3.63, 3.8) is 0 Å². The zero-order valence-electron chi connectivity index (χ0n) is 10.7. The van der Waals surface area contributed by atoms with Crippen molar-refractivity contribution in [2.24, 2.45) is 0 Å². The Hall–Kier alpha value is -1.54. The molecular formula is C16H20N2. The van der Waals surface area contributed by atoms with E-state index in [1.165, 1.54) is 37.1 Å². The molecule has 1 aliphatic rings. The normalized spacial score (nSPS) is 18.0. The van der Waals surface area contributed by atoms with Crippen molar-refractivity contribution in [1.82, 2.24) is 9.88 Å². The highest BCUT2D eigenvalue weighted by atomic mass is 15.1. The summed E-state index contributed by atoms with van der Waals surface area (Å²) in [6.45, 7) is 3.52. The summed E-state index contributed by atoms with van der Waals surface area (Å²) in [7, 11) is 0. The van der Waals surface area contributed by atoms with E-state index in [2.05, 4.69) is 52.5 Å². The van der Waals surface area contributed by atoms with Crippen molar-refractivity contribution in [3.05, 3.63) is 59.9 Å². The smallest absolute Gasteiger partial charge is 0.0233 e. The van der Waals surface area contributed by atoms with E-state index < -0.39 is 0 Å². The molecule has 18 heavy (non-hydrogen) atoms. The van der Waals surface area contributed by atoms with E-state index in [1.807, 2.05) is 6.20 Å². The first-order valence-electron chi connectivity index (χ1n) is 6.81. The molecule has 2 heterocycles. The molecule has 0 unspecified atom stereocenters. The van der Waals surface area contributed by atoms with Crippen molar-refractivity contribution >= 4 is 0 Å². The zero-order valence-corrected chi connectivity index (χ0v) is 10.7. The molecule has 0 spiro atoms. The number of likely N-dealkylation sites (tertiary alicyclic amines) is 1. The molecule has 1 aromatic heterocycles. The molecular weight excluding hydrogens is 220 g/mol. The number of hydrogen-bond donors (Lipinski definition) is 1. The minimum absolute atomic E-state index is 0.753. The van der Waals surface area contributed by atoms with Crippen LogP contribution in [0, 0.1) is 0 Å². The van der Waals surface area contributed by atoms with Crippen molar-refractivity contribution in [2.75, 3.05) is 13.1 Å². The number of H-pyrrole nitrogens is 1. The fourth-order valence-corrected chi connectivity index (χ4v) is 2.86. The predicted octanol–water partition coefficient (Wildman–Crippen LogP) is 3.39. The van der Waals surface area contributed by atoms with E-state index in [0.717, 1.165) is 12.5 Å². The van der Waals surface area contributed by atoms with E-state index in [9.17, 15) is 0 Å². The van der Waals surface area contributed by atoms with Crippen molar-refractivity contribution in [1.29, 1.82) is 0 Å². The molecule has 2 heteroatoms. The molecule has 0 atom stereocenters. The van der Waals surface area contributed by atoms with Crippen LogP contribution >= 0.6 is 0 Å². The Morgan fingerprint density at radius 3 is 2.50 bits per heavy atom. The molecule has 1 aromatic carbocycles. The van der Waals surface area contributed by atoms with Crippen LogP contribution in [0.3, 0.4) is 0 Å². The van der Waals surface area contributed by atoms with E-state index in [4.69, 9.17) is 0 Å². The quantitative estimate of drug-likeness (QED) is 0.871. The minimum Gasteiger partial charge on any atom is -0.367 e. The molecule has 1 aliphatic heterocycles. The van der Waals surface area contributed by atoms with Crippen LogP contribution in [0.15, 0.2) is 48.8 Å². The Morgan fingerprint density at radius 1 is 1.06 bits per heavy atom. The SMILES string of the molecule is c1ccc(CN2CCC(c3cc[nH]c3)CC2)cc1. The van der Waals surface area contributed by atoms with Crippen molar-refractivity contribution in [3.8, 4) is 0 Å². The Kier molecular flexibility index (Phi) is 3.47. The second kappa shape index (κ2) is 5.40. The van der Waals surface area contributed by atoms with Gasteiger partial charge in [0.05, 0.1) is 0 Å². The summed E-state index contributed by atoms with van der Waals surface area (Å²) in [5.74, 6) is 0.753. The molecule has 0 saturated carbocycles. The van der Waals surface area contributed by atoms with E-state index in [0.29, 0.717) is 0 Å². The minimum atomic E-state index is 0.753. The number of nitrogens with one attached hydrogen (secondary N) is 1. The van der Waals surface area contributed by atoms with Gasteiger partial charge in [0, 0.05) is 18.9 Å². The van der Waals surface area contributed by atoms with Crippen molar-refractivity contribution in [2.45, 2.75) is 25.3 Å². The first-order chi connectivity index (χ1) is 8.92. The number of rotatable bonds is 3. The van der Waals surface area contributed by atoms with Gasteiger partial charge in [-0.25, -0.2) is 0 Å². The Labute approximate surface area is 109 Å².